The van der Waals surface area contributed by atoms with Crippen LogP contribution >= 0.6 is 0 Å². The Kier molecular flexibility index (Phi) is 3.84. The highest BCUT2D eigenvalue weighted by molar-refractivity contribution is 5.56. The lowest BCUT2D eigenvalue weighted by Crippen LogP contribution is -1.88. The average Bonchev–Trinajstić information content (AvgIpc) is 2.43. The smallest absolute Gasteiger partial charge is 0.157 e. The van der Waals surface area contributed by atoms with E-state index in [2.05, 4.69) is 0 Å². The van der Waals surface area contributed by atoms with E-state index >= 15 is 0 Å². The molecular formula is C16H16O4. The Hall–Kier alpha value is -2.62. The van der Waals surface area contributed by atoms with Crippen molar-refractivity contribution in [2.24, 2.45) is 0 Å². The highest BCUT2D eigenvalue weighted by Crippen LogP contribution is 2.30. The summed E-state index contributed by atoms with van der Waals surface area (Å²) in [5.41, 5.74) is 1.62. The van der Waals surface area contributed by atoms with E-state index in [0.29, 0.717) is 0 Å². The fraction of sp³-hybridized carbons (Fsp3) is 0.125. The van der Waals surface area contributed by atoms with Gasteiger partial charge in [-0.3, -0.25) is 0 Å². The van der Waals surface area contributed by atoms with Gasteiger partial charge in [0.15, 0.2) is 23.0 Å². The van der Waals surface area contributed by atoms with E-state index in [-0.39, 0.29) is 28.9 Å². The van der Waals surface area contributed by atoms with Crippen LogP contribution < -0.4 is 0 Å². The quantitative estimate of drug-likeness (QED) is 0.646. The number of phenols is 4. The summed E-state index contributed by atoms with van der Waals surface area (Å²) in [6.45, 7) is 1.95. The number of hydrogen-bond donors (Lipinski definition) is 4. The number of phenolic OH excluding ortho intramolecular Hbond substituents is 4. The first kappa shape index (κ1) is 13.8. The first-order valence-corrected chi connectivity index (χ1v) is 6.19. The maximum Gasteiger partial charge on any atom is 0.157 e. The minimum absolute atomic E-state index is 0.0254. The molecule has 2 aromatic carbocycles. The van der Waals surface area contributed by atoms with E-state index in [0.717, 1.165) is 11.1 Å². The van der Waals surface area contributed by atoms with Gasteiger partial charge >= 0.3 is 0 Å². The monoisotopic (exact) mass is 272 g/mol. The van der Waals surface area contributed by atoms with Crippen molar-refractivity contribution in [3.05, 3.63) is 53.6 Å². The third-order valence-electron chi connectivity index (χ3n) is 3.10. The van der Waals surface area contributed by atoms with Crippen LogP contribution in [0.4, 0.5) is 0 Å². The lowest BCUT2D eigenvalue weighted by atomic mass is 9.99. The molecule has 0 radical (unpaired) electrons. The van der Waals surface area contributed by atoms with Crippen LogP contribution in [0.2, 0.25) is 0 Å². The summed E-state index contributed by atoms with van der Waals surface area (Å²) in [7, 11) is 0. The number of benzene rings is 2. The summed E-state index contributed by atoms with van der Waals surface area (Å²) in [5, 5.41) is 37.4. The zero-order valence-corrected chi connectivity index (χ0v) is 11.0. The summed E-state index contributed by atoms with van der Waals surface area (Å²) in [5.74, 6) is -0.586. The number of allylic oxidation sites excluding steroid dienone is 1. The normalized spacial score (nSPS) is 12.7. The minimum atomic E-state index is -0.165. The summed E-state index contributed by atoms with van der Waals surface area (Å²) in [6, 6.07) is 9.27. The van der Waals surface area contributed by atoms with Gasteiger partial charge in [0.1, 0.15) is 0 Å². The largest absolute Gasteiger partial charge is 0.504 e. The Bertz CT molecular complexity index is 647. The highest BCUT2D eigenvalue weighted by Gasteiger charge is 2.06. The van der Waals surface area contributed by atoms with E-state index < -0.39 is 0 Å². The van der Waals surface area contributed by atoms with Crippen molar-refractivity contribution in [1.29, 1.82) is 0 Å². The molecule has 104 valence electrons. The molecule has 0 aliphatic heterocycles. The average molecular weight is 272 g/mol. The molecule has 1 unspecified atom stereocenters. The maximum absolute atomic E-state index is 9.47. The zero-order valence-electron chi connectivity index (χ0n) is 11.0. The van der Waals surface area contributed by atoms with Gasteiger partial charge in [-0.1, -0.05) is 31.2 Å². The van der Waals surface area contributed by atoms with Crippen molar-refractivity contribution in [2.45, 2.75) is 12.8 Å². The standard InChI is InChI=1S/C16H16O4/c1-10(12-5-7-14(18)16(20)9-12)2-3-11-4-6-13(17)15(19)8-11/h2-10,17-20H,1H3. The van der Waals surface area contributed by atoms with E-state index in [9.17, 15) is 20.4 Å². The van der Waals surface area contributed by atoms with E-state index in [1.807, 2.05) is 19.1 Å². The Labute approximate surface area is 116 Å². The predicted molar refractivity (Wildman–Crippen MR) is 77.0 cm³/mol. The molecule has 0 amide bonds. The number of rotatable bonds is 3. The third kappa shape index (κ3) is 3.03. The van der Waals surface area contributed by atoms with Crippen LogP contribution in [0.3, 0.4) is 0 Å². The van der Waals surface area contributed by atoms with Gasteiger partial charge in [-0.2, -0.15) is 0 Å². The molecule has 0 bridgehead atoms. The van der Waals surface area contributed by atoms with Gasteiger partial charge < -0.3 is 20.4 Å². The third-order valence-corrected chi connectivity index (χ3v) is 3.10. The molecule has 4 heteroatoms. The predicted octanol–water partition coefficient (Wildman–Crippen LogP) is 3.33. The topological polar surface area (TPSA) is 80.9 Å². The summed E-state index contributed by atoms with van der Waals surface area (Å²) in [4.78, 5) is 0. The molecule has 20 heavy (non-hydrogen) atoms. The van der Waals surface area contributed by atoms with Gasteiger partial charge in [-0.05, 0) is 41.3 Å². The molecule has 0 heterocycles. The Morgan fingerprint density at radius 1 is 0.800 bits per heavy atom. The van der Waals surface area contributed by atoms with Crippen LogP contribution in [0.25, 0.3) is 6.08 Å². The van der Waals surface area contributed by atoms with Crippen LogP contribution in [0.5, 0.6) is 23.0 Å². The van der Waals surface area contributed by atoms with Gasteiger partial charge in [-0.25, -0.2) is 0 Å². The van der Waals surface area contributed by atoms with Gasteiger partial charge in [0.05, 0.1) is 0 Å². The van der Waals surface area contributed by atoms with Crippen molar-refractivity contribution >= 4 is 6.08 Å². The molecule has 2 aromatic rings. The van der Waals surface area contributed by atoms with Crippen LogP contribution in [0.1, 0.15) is 24.0 Å². The molecule has 0 spiro atoms. The first-order valence-electron chi connectivity index (χ1n) is 6.19. The lowest BCUT2D eigenvalue weighted by Gasteiger charge is -2.08. The Balaban J connectivity index is 2.17. The molecular weight excluding hydrogens is 256 g/mol. The molecule has 0 saturated heterocycles. The van der Waals surface area contributed by atoms with E-state index in [1.54, 1.807) is 12.1 Å². The fourth-order valence-electron chi connectivity index (χ4n) is 1.83. The van der Waals surface area contributed by atoms with Crippen LogP contribution in [0, 0.1) is 0 Å². The van der Waals surface area contributed by atoms with E-state index in [1.165, 1.54) is 24.3 Å². The molecule has 4 nitrogen and oxygen atoms in total. The van der Waals surface area contributed by atoms with Crippen molar-refractivity contribution in [3.8, 4) is 23.0 Å². The second-order valence-electron chi connectivity index (χ2n) is 4.64. The first-order chi connectivity index (χ1) is 9.47. The van der Waals surface area contributed by atoms with Crippen molar-refractivity contribution in [1.82, 2.24) is 0 Å². The molecule has 0 saturated carbocycles. The van der Waals surface area contributed by atoms with Gasteiger partial charge in [0, 0.05) is 0 Å². The minimum Gasteiger partial charge on any atom is -0.504 e. The Morgan fingerprint density at radius 3 is 2.00 bits per heavy atom. The maximum atomic E-state index is 9.47. The lowest BCUT2D eigenvalue weighted by molar-refractivity contribution is 0.403. The second kappa shape index (κ2) is 5.57. The molecule has 0 fully saturated rings. The van der Waals surface area contributed by atoms with Gasteiger partial charge in [-0.15, -0.1) is 0 Å². The van der Waals surface area contributed by atoms with Crippen LogP contribution in [-0.4, -0.2) is 20.4 Å². The number of hydrogen-bond acceptors (Lipinski definition) is 4. The molecule has 1 atom stereocenters. The van der Waals surface area contributed by atoms with Gasteiger partial charge in [0.25, 0.3) is 0 Å². The summed E-state index contributed by atoms with van der Waals surface area (Å²) >= 11 is 0. The van der Waals surface area contributed by atoms with Crippen molar-refractivity contribution < 1.29 is 20.4 Å². The van der Waals surface area contributed by atoms with Crippen LogP contribution in [-0.2, 0) is 0 Å². The van der Waals surface area contributed by atoms with E-state index in [4.69, 9.17) is 0 Å². The highest BCUT2D eigenvalue weighted by atomic mass is 16.3. The molecule has 0 aliphatic rings. The van der Waals surface area contributed by atoms with Crippen molar-refractivity contribution in [3.63, 3.8) is 0 Å². The number of aromatic hydroxyl groups is 4. The zero-order chi connectivity index (χ0) is 14.7. The SMILES string of the molecule is CC(C=Cc1ccc(O)c(O)c1)c1ccc(O)c(O)c1. The second-order valence-corrected chi connectivity index (χ2v) is 4.64. The van der Waals surface area contributed by atoms with Gasteiger partial charge in [0.2, 0.25) is 0 Å². The molecule has 0 aromatic heterocycles. The summed E-state index contributed by atoms with van der Waals surface area (Å²) in [6.07, 6.45) is 3.71. The van der Waals surface area contributed by atoms with Crippen LogP contribution in [0.15, 0.2) is 42.5 Å². The fourth-order valence-corrected chi connectivity index (χ4v) is 1.83. The van der Waals surface area contributed by atoms with Crippen molar-refractivity contribution in [2.75, 3.05) is 0 Å². The molecule has 0 aliphatic carbocycles. The molecule has 2 rings (SSSR count). The Morgan fingerprint density at radius 2 is 1.40 bits per heavy atom. The molecule has 4 N–H and O–H groups in total. The summed E-state index contributed by atoms with van der Waals surface area (Å²) < 4.78 is 0.